The van der Waals surface area contributed by atoms with E-state index >= 15 is 0 Å². The van der Waals surface area contributed by atoms with Crippen molar-refractivity contribution in [3.63, 3.8) is 0 Å². The standard InChI is InChI=1S/C16H20F3N5O2/c17-16(18,19)11-5-6-12(23-22-11)20-9-4-10-24-13(25)15(21-14(24)26)7-2-1-3-8-15/h5-6H,1-4,7-10H2,(H,20,23)(H,21,26). The van der Waals surface area contributed by atoms with Gasteiger partial charge in [0.25, 0.3) is 5.91 Å². The first-order valence-electron chi connectivity index (χ1n) is 8.61. The van der Waals surface area contributed by atoms with Crippen LogP contribution in [-0.4, -0.2) is 45.7 Å². The Morgan fingerprint density at radius 2 is 1.88 bits per heavy atom. The summed E-state index contributed by atoms with van der Waals surface area (Å²) in [7, 11) is 0. The first kappa shape index (κ1) is 18.4. The number of nitrogens with zero attached hydrogens (tertiary/aromatic N) is 3. The van der Waals surface area contributed by atoms with Crippen molar-refractivity contribution in [3.8, 4) is 0 Å². The molecular formula is C16H20F3N5O2. The number of carbonyl (C=O) groups excluding carboxylic acids is 2. The minimum atomic E-state index is -4.52. The SMILES string of the molecule is O=C1NC2(CCCCC2)C(=O)N1CCCNc1ccc(C(F)(F)F)nn1. The molecule has 2 aliphatic rings. The number of rotatable bonds is 5. The van der Waals surface area contributed by atoms with Crippen LogP contribution in [0, 0.1) is 0 Å². The van der Waals surface area contributed by atoms with Crippen molar-refractivity contribution in [2.75, 3.05) is 18.4 Å². The average molecular weight is 371 g/mol. The molecule has 1 spiro atoms. The Morgan fingerprint density at radius 1 is 1.15 bits per heavy atom. The Bertz CT molecular complexity index is 671. The van der Waals surface area contributed by atoms with Gasteiger partial charge in [-0.2, -0.15) is 13.2 Å². The van der Waals surface area contributed by atoms with Gasteiger partial charge in [-0.15, -0.1) is 10.2 Å². The summed E-state index contributed by atoms with van der Waals surface area (Å²) < 4.78 is 37.3. The third-order valence-electron chi connectivity index (χ3n) is 4.77. The van der Waals surface area contributed by atoms with Gasteiger partial charge in [0.2, 0.25) is 0 Å². The molecule has 1 aliphatic carbocycles. The second-order valence-electron chi connectivity index (χ2n) is 6.61. The second-order valence-corrected chi connectivity index (χ2v) is 6.61. The van der Waals surface area contributed by atoms with E-state index in [1.165, 1.54) is 11.0 Å². The van der Waals surface area contributed by atoms with Crippen LogP contribution in [0.25, 0.3) is 0 Å². The molecule has 3 amide bonds. The highest BCUT2D eigenvalue weighted by Crippen LogP contribution is 2.33. The number of carbonyl (C=O) groups is 2. The normalized spacial score (nSPS) is 19.7. The van der Waals surface area contributed by atoms with E-state index in [0.29, 0.717) is 25.8 Å². The highest BCUT2D eigenvalue weighted by molar-refractivity contribution is 6.07. The van der Waals surface area contributed by atoms with E-state index in [1.807, 2.05) is 0 Å². The van der Waals surface area contributed by atoms with Crippen LogP contribution in [0.2, 0.25) is 0 Å². The van der Waals surface area contributed by atoms with Crippen LogP contribution in [0.15, 0.2) is 12.1 Å². The minimum absolute atomic E-state index is 0.170. The third kappa shape index (κ3) is 3.73. The molecule has 2 N–H and O–H groups in total. The molecule has 26 heavy (non-hydrogen) atoms. The number of imide groups is 1. The van der Waals surface area contributed by atoms with Crippen LogP contribution in [-0.2, 0) is 11.0 Å². The lowest BCUT2D eigenvalue weighted by atomic mass is 9.82. The molecule has 0 radical (unpaired) electrons. The minimum Gasteiger partial charge on any atom is -0.369 e. The summed E-state index contributed by atoms with van der Waals surface area (Å²) in [5, 5.41) is 12.3. The Hall–Kier alpha value is -2.39. The van der Waals surface area contributed by atoms with E-state index in [9.17, 15) is 22.8 Å². The zero-order valence-electron chi connectivity index (χ0n) is 14.1. The second kappa shape index (κ2) is 7.08. The summed E-state index contributed by atoms with van der Waals surface area (Å²) in [6.45, 7) is 0.595. The molecule has 2 fully saturated rings. The zero-order valence-corrected chi connectivity index (χ0v) is 14.1. The molecule has 3 rings (SSSR count). The van der Waals surface area contributed by atoms with E-state index in [1.54, 1.807) is 0 Å². The number of halogens is 3. The van der Waals surface area contributed by atoms with Crippen molar-refractivity contribution >= 4 is 17.8 Å². The first-order chi connectivity index (χ1) is 12.3. The number of hydrogen-bond acceptors (Lipinski definition) is 5. The molecule has 1 aromatic heterocycles. The number of aromatic nitrogens is 2. The molecule has 0 atom stereocenters. The maximum absolute atomic E-state index is 12.6. The van der Waals surface area contributed by atoms with Gasteiger partial charge >= 0.3 is 12.2 Å². The largest absolute Gasteiger partial charge is 0.435 e. The van der Waals surface area contributed by atoms with Crippen molar-refractivity contribution in [3.05, 3.63) is 17.8 Å². The molecule has 7 nitrogen and oxygen atoms in total. The Labute approximate surface area is 148 Å². The van der Waals surface area contributed by atoms with Crippen molar-refractivity contribution in [2.45, 2.75) is 50.2 Å². The van der Waals surface area contributed by atoms with Gasteiger partial charge in [0, 0.05) is 13.1 Å². The summed E-state index contributed by atoms with van der Waals surface area (Å²) in [4.78, 5) is 25.9. The fourth-order valence-electron chi connectivity index (χ4n) is 3.40. The van der Waals surface area contributed by atoms with Crippen LogP contribution < -0.4 is 10.6 Å². The summed E-state index contributed by atoms with van der Waals surface area (Å²) in [6.07, 6.45) is 0.202. The maximum Gasteiger partial charge on any atom is 0.435 e. The van der Waals surface area contributed by atoms with Crippen molar-refractivity contribution in [2.24, 2.45) is 0 Å². The van der Waals surface area contributed by atoms with Gasteiger partial charge in [-0.05, 0) is 31.4 Å². The highest BCUT2D eigenvalue weighted by atomic mass is 19.4. The van der Waals surface area contributed by atoms with Crippen molar-refractivity contribution < 1.29 is 22.8 Å². The average Bonchev–Trinajstić information content (AvgIpc) is 2.82. The van der Waals surface area contributed by atoms with Crippen LogP contribution in [0.4, 0.5) is 23.8 Å². The molecule has 1 saturated carbocycles. The third-order valence-corrected chi connectivity index (χ3v) is 4.77. The quantitative estimate of drug-likeness (QED) is 0.614. The lowest BCUT2D eigenvalue weighted by Gasteiger charge is -2.30. The van der Waals surface area contributed by atoms with Crippen LogP contribution in [0.1, 0.15) is 44.2 Å². The van der Waals surface area contributed by atoms with Crippen LogP contribution in [0.5, 0.6) is 0 Å². The van der Waals surface area contributed by atoms with Crippen LogP contribution >= 0.6 is 0 Å². The number of amides is 3. The summed E-state index contributed by atoms with van der Waals surface area (Å²) >= 11 is 0. The zero-order chi connectivity index (χ0) is 18.8. The smallest absolute Gasteiger partial charge is 0.369 e. The van der Waals surface area contributed by atoms with Crippen molar-refractivity contribution in [1.82, 2.24) is 20.4 Å². The van der Waals surface area contributed by atoms with Gasteiger partial charge in [0.05, 0.1) is 0 Å². The van der Waals surface area contributed by atoms with E-state index < -0.39 is 17.4 Å². The van der Waals surface area contributed by atoms with Gasteiger partial charge in [-0.1, -0.05) is 19.3 Å². The Balaban J connectivity index is 1.48. The molecule has 142 valence electrons. The predicted molar refractivity (Wildman–Crippen MR) is 86.2 cm³/mol. The topological polar surface area (TPSA) is 87.2 Å². The molecule has 0 bridgehead atoms. The molecule has 10 heteroatoms. The molecule has 0 unspecified atom stereocenters. The number of anilines is 1. The lowest BCUT2D eigenvalue weighted by molar-refractivity contribution is -0.141. The molecular weight excluding hydrogens is 351 g/mol. The fraction of sp³-hybridized carbons (Fsp3) is 0.625. The fourth-order valence-corrected chi connectivity index (χ4v) is 3.40. The summed E-state index contributed by atoms with van der Waals surface area (Å²) in [6, 6.07) is 1.67. The van der Waals surface area contributed by atoms with E-state index in [0.717, 1.165) is 25.3 Å². The van der Waals surface area contributed by atoms with E-state index in [2.05, 4.69) is 20.8 Å². The first-order valence-corrected chi connectivity index (χ1v) is 8.61. The molecule has 1 aromatic rings. The monoisotopic (exact) mass is 371 g/mol. The Kier molecular flexibility index (Phi) is 5.01. The van der Waals surface area contributed by atoms with E-state index in [-0.39, 0.29) is 24.3 Å². The molecule has 1 aliphatic heterocycles. The van der Waals surface area contributed by atoms with E-state index in [4.69, 9.17) is 0 Å². The lowest BCUT2D eigenvalue weighted by Crippen LogP contribution is -2.48. The van der Waals surface area contributed by atoms with Gasteiger partial charge in [0.1, 0.15) is 11.4 Å². The molecule has 1 saturated heterocycles. The van der Waals surface area contributed by atoms with Crippen LogP contribution in [0.3, 0.4) is 0 Å². The van der Waals surface area contributed by atoms with Gasteiger partial charge in [-0.3, -0.25) is 9.69 Å². The van der Waals surface area contributed by atoms with Gasteiger partial charge < -0.3 is 10.6 Å². The number of hydrogen-bond donors (Lipinski definition) is 2. The Morgan fingerprint density at radius 3 is 2.50 bits per heavy atom. The number of nitrogens with one attached hydrogen (secondary N) is 2. The number of alkyl halides is 3. The predicted octanol–water partition coefficient (Wildman–Crippen LogP) is 2.55. The van der Waals surface area contributed by atoms with Gasteiger partial charge in [-0.25, -0.2) is 4.79 Å². The highest BCUT2D eigenvalue weighted by Gasteiger charge is 2.50. The van der Waals surface area contributed by atoms with Gasteiger partial charge in [0.15, 0.2) is 5.69 Å². The molecule has 0 aromatic carbocycles. The van der Waals surface area contributed by atoms with Crippen molar-refractivity contribution in [1.29, 1.82) is 0 Å². The molecule has 2 heterocycles. The maximum atomic E-state index is 12.6. The summed E-state index contributed by atoms with van der Waals surface area (Å²) in [5.74, 6) is 0.0375. The number of urea groups is 1. The summed E-state index contributed by atoms with van der Waals surface area (Å²) in [5.41, 5.74) is -1.79.